The number of rotatable bonds is 4. The second-order valence-corrected chi connectivity index (χ2v) is 5.00. The number of hydrogen-bond donors (Lipinski definition) is 2. The highest BCUT2D eigenvalue weighted by Crippen LogP contribution is 2.23. The molecule has 0 saturated carbocycles. The number of aryl methyl sites for hydroxylation is 1. The Labute approximate surface area is 121 Å². The normalized spacial score (nSPS) is 12.7. The third-order valence-corrected chi connectivity index (χ3v) is 3.67. The van der Waals surface area contributed by atoms with Crippen molar-refractivity contribution in [1.29, 1.82) is 0 Å². The fraction of sp³-hybridized carbons (Fsp3) is 0.200. The predicted octanol–water partition coefficient (Wildman–Crippen LogP) is 1.92. The van der Waals surface area contributed by atoms with Gasteiger partial charge in [0.2, 0.25) is 0 Å². The SMILES string of the molecule is Cc1ccc(F)cc1CC(NN)c1cnn2ccncc12. The first kappa shape index (κ1) is 13.7. The Morgan fingerprint density at radius 1 is 1.38 bits per heavy atom. The number of hydrogen-bond acceptors (Lipinski definition) is 4. The van der Waals surface area contributed by atoms with Crippen LogP contribution in [0.25, 0.3) is 5.52 Å². The number of aromatic nitrogens is 3. The number of halogens is 1. The van der Waals surface area contributed by atoms with Crippen molar-refractivity contribution in [2.24, 2.45) is 5.84 Å². The molecule has 21 heavy (non-hydrogen) atoms. The van der Waals surface area contributed by atoms with E-state index in [2.05, 4.69) is 15.5 Å². The van der Waals surface area contributed by atoms with Crippen molar-refractivity contribution in [3.63, 3.8) is 0 Å². The summed E-state index contributed by atoms with van der Waals surface area (Å²) in [6, 6.07) is 4.62. The second kappa shape index (κ2) is 5.59. The summed E-state index contributed by atoms with van der Waals surface area (Å²) >= 11 is 0. The van der Waals surface area contributed by atoms with Gasteiger partial charge in [-0.15, -0.1) is 0 Å². The van der Waals surface area contributed by atoms with Crippen LogP contribution >= 0.6 is 0 Å². The predicted molar refractivity (Wildman–Crippen MR) is 77.9 cm³/mol. The fourth-order valence-corrected chi connectivity index (χ4v) is 2.46. The van der Waals surface area contributed by atoms with Crippen LogP contribution in [-0.4, -0.2) is 14.6 Å². The topological polar surface area (TPSA) is 68.2 Å². The number of hydrazine groups is 1. The third kappa shape index (κ3) is 2.63. The van der Waals surface area contributed by atoms with Crippen molar-refractivity contribution in [2.75, 3.05) is 0 Å². The van der Waals surface area contributed by atoms with Crippen LogP contribution in [0.3, 0.4) is 0 Å². The Balaban J connectivity index is 1.97. The molecule has 2 aromatic heterocycles. The Morgan fingerprint density at radius 3 is 3.05 bits per heavy atom. The van der Waals surface area contributed by atoms with Crippen LogP contribution in [-0.2, 0) is 6.42 Å². The van der Waals surface area contributed by atoms with Crippen LogP contribution in [0, 0.1) is 12.7 Å². The Morgan fingerprint density at radius 2 is 2.24 bits per heavy atom. The molecule has 3 rings (SSSR count). The van der Waals surface area contributed by atoms with E-state index in [0.717, 1.165) is 22.2 Å². The van der Waals surface area contributed by atoms with Gasteiger partial charge in [-0.3, -0.25) is 16.3 Å². The maximum absolute atomic E-state index is 13.4. The minimum atomic E-state index is -0.243. The van der Waals surface area contributed by atoms with Gasteiger partial charge in [0.15, 0.2) is 0 Å². The Kier molecular flexibility index (Phi) is 3.64. The van der Waals surface area contributed by atoms with Crippen molar-refractivity contribution in [3.8, 4) is 0 Å². The molecule has 108 valence electrons. The molecular formula is C15H16FN5. The molecule has 2 heterocycles. The summed E-state index contributed by atoms with van der Waals surface area (Å²) in [5.74, 6) is 5.45. The van der Waals surface area contributed by atoms with Gasteiger partial charge in [-0.05, 0) is 36.6 Å². The molecule has 3 N–H and O–H groups in total. The maximum atomic E-state index is 13.4. The molecule has 5 nitrogen and oxygen atoms in total. The van der Waals surface area contributed by atoms with Crippen LogP contribution in [0.4, 0.5) is 4.39 Å². The fourth-order valence-electron chi connectivity index (χ4n) is 2.46. The van der Waals surface area contributed by atoms with Gasteiger partial charge < -0.3 is 0 Å². The Bertz CT molecular complexity index is 768. The third-order valence-electron chi connectivity index (χ3n) is 3.67. The van der Waals surface area contributed by atoms with E-state index < -0.39 is 0 Å². The molecule has 1 aromatic carbocycles. The first-order valence-corrected chi connectivity index (χ1v) is 6.67. The molecule has 0 aliphatic carbocycles. The molecule has 0 spiro atoms. The lowest BCUT2D eigenvalue weighted by Crippen LogP contribution is -2.29. The van der Waals surface area contributed by atoms with E-state index in [9.17, 15) is 4.39 Å². The summed E-state index contributed by atoms with van der Waals surface area (Å²) in [4.78, 5) is 4.11. The average molecular weight is 285 g/mol. The van der Waals surface area contributed by atoms with Gasteiger partial charge in [0, 0.05) is 18.0 Å². The number of nitrogens with two attached hydrogens (primary N) is 1. The molecule has 1 unspecified atom stereocenters. The van der Waals surface area contributed by atoms with Crippen LogP contribution in [0.1, 0.15) is 22.7 Å². The summed E-state index contributed by atoms with van der Waals surface area (Å²) in [5, 5.41) is 4.28. The lowest BCUT2D eigenvalue weighted by Gasteiger charge is -2.16. The van der Waals surface area contributed by atoms with Crippen LogP contribution < -0.4 is 11.3 Å². The minimum absolute atomic E-state index is 0.160. The Hall–Kier alpha value is -2.31. The van der Waals surface area contributed by atoms with Crippen LogP contribution in [0.2, 0.25) is 0 Å². The quantitative estimate of drug-likeness (QED) is 0.567. The monoisotopic (exact) mass is 285 g/mol. The number of nitrogens with zero attached hydrogens (tertiary/aromatic N) is 3. The number of nitrogens with one attached hydrogen (secondary N) is 1. The first-order valence-electron chi connectivity index (χ1n) is 6.67. The molecule has 1 atom stereocenters. The van der Waals surface area contributed by atoms with Crippen molar-refractivity contribution in [2.45, 2.75) is 19.4 Å². The van der Waals surface area contributed by atoms with Gasteiger partial charge in [0.05, 0.1) is 24.0 Å². The van der Waals surface area contributed by atoms with Crippen molar-refractivity contribution in [3.05, 3.63) is 65.5 Å². The van der Waals surface area contributed by atoms with Gasteiger partial charge in [0.1, 0.15) is 5.82 Å². The van der Waals surface area contributed by atoms with E-state index in [1.165, 1.54) is 6.07 Å². The van der Waals surface area contributed by atoms with Gasteiger partial charge in [-0.1, -0.05) is 6.07 Å². The molecule has 0 aliphatic heterocycles. The van der Waals surface area contributed by atoms with E-state index in [1.807, 2.05) is 6.92 Å². The largest absolute Gasteiger partial charge is 0.271 e. The molecule has 3 aromatic rings. The summed E-state index contributed by atoms with van der Waals surface area (Å²) in [6.45, 7) is 1.96. The highest BCUT2D eigenvalue weighted by atomic mass is 19.1. The minimum Gasteiger partial charge on any atom is -0.271 e. The molecular weight excluding hydrogens is 269 g/mol. The van der Waals surface area contributed by atoms with Crippen LogP contribution in [0.5, 0.6) is 0 Å². The smallest absolute Gasteiger partial charge is 0.123 e. The molecule has 0 aliphatic rings. The van der Waals surface area contributed by atoms with E-state index >= 15 is 0 Å². The summed E-state index contributed by atoms with van der Waals surface area (Å²) < 4.78 is 15.2. The van der Waals surface area contributed by atoms with E-state index in [1.54, 1.807) is 41.4 Å². The lowest BCUT2D eigenvalue weighted by atomic mass is 9.97. The second-order valence-electron chi connectivity index (χ2n) is 5.00. The summed E-state index contributed by atoms with van der Waals surface area (Å²) in [7, 11) is 0. The van der Waals surface area contributed by atoms with Gasteiger partial charge in [-0.25, -0.2) is 8.91 Å². The molecule has 0 fully saturated rings. The lowest BCUT2D eigenvalue weighted by molar-refractivity contribution is 0.550. The van der Waals surface area contributed by atoms with Crippen LogP contribution in [0.15, 0.2) is 43.0 Å². The first-order chi connectivity index (χ1) is 10.2. The number of fused-ring (bicyclic) bond motifs is 1. The molecule has 0 saturated heterocycles. The average Bonchev–Trinajstić information content (AvgIpc) is 2.92. The maximum Gasteiger partial charge on any atom is 0.123 e. The molecule has 0 amide bonds. The highest BCUT2D eigenvalue weighted by molar-refractivity contribution is 5.53. The summed E-state index contributed by atoms with van der Waals surface area (Å²) in [5.41, 5.74) is 6.56. The van der Waals surface area contributed by atoms with Crippen molar-refractivity contribution < 1.29 is 4.39 Å². The van der Waals surface area contributed by atoms with E-state index in [-0.39, 0.29) is 11.9 Å². The molecule has 6 heteroatoms. The molecule has 0 radical (unpaired) electrons. The van der Waals surface area contributed by atoms with E-state index in [4.69, 9.17) is 5.84 Å². The van der Waals surface area contributed by atoms with Gasteiger partial charge in [0.25, 0.3) is 0 Å². The zero-order valence-electron chi connectivity index (χ0n) is 11.6. The molecule has 0 bridgehead atoms. The van der Waals surface area contributed by atoms with Gasteiger partial charge in [-0.2, -0.15) is 5.10 Å². The van der Waals surface area contributed by atoms with Gasteiger partial charge >= 0.3 is 0 Å². The zero-order chi connectivity index (χ0) is 14.8. The van der Waals surface area contributed by atoms with Crippen molar-refractivity contribution in [1.82, 2.24) is 20.0 Å². The zero-order valence-corrected chi connectivity index (χ0v) is 11.6. The highest BCUT2D eigenvalue weighted by Gasteiger charge is 2.17. The standard InChI is InChI=1S/C15H16FN5/c1-10-2-3-12(16)6-11(10)7-14(20-17)13-8-19-21-5-4-18-9-15(13)21/h2-6,8-9,14,20H,7,17H2,1H3. The van der Waals surface area contributed by atoms with Crippen molar-refractivity contribution >= 4 is 5.52 Å². The summed E-state index contributed by atoms with van der Waals surface area (Å²) in [6.07, 6.45) is 7.53. The van der Waals surface area contributed by atoms with E-state index in [0.29, 0.717) is 6.42 Å². The number of benzene rings is 1.